The number of benzene rings is 5. The summed E-state index contributed by atoms with van der Waals surface area (Å²) in [6.07, 6.45) is 11.0. The third-order valence-electron chi connectivity index (χ3n) is 11.4. The fourth-order valence-corrected chi connectivity index (χ4v) is 7.89. The van der Waals surface area contributed by atoms with Crippen molar-refractivity contribution in [2.45, 2.75) is 105 Å². The van der Waals surface area contributed by atoms with Crippen molar-refractivity contribution in [2.75, 3.05) is 0 Å². The van der Waals surface area contributed by atoms with Crippen LogP contribution in [0.5, 0.6) is 0 Å². The van der Waals surface area contributed by atoms with E-state index in [0.29, 0.717) is 0 Å². The zero-order valence-electron chi connectivity index (χ0n) is 36.5. The molecule has 2 heterocycles. The van der Waals surface area contributed by atoms with Crippen molar-refractivity contribution in [1.29, 1.82) is 0 Å². The standard InChI is InChI=1S/C54H58N4/c1-51(2,3)41-21-13-35(14-22-41)45-46(36-15-23-42(24-16-36)52(4,5)6)48(38-19-27-44(28-20-38)54(10,11)12)50(40-31-57-34-58-32-40)49(39-29-55-33-56-30-39)47(45)37-17-25-43(26-18-37)53(7,8)9/h13-34H,1-12H3. The summed E-state index contributed by atoms with van der Waals surface area (Å²) in [4.78, 5) is 18.5. The number of rotatable bonds is 6. The second-order valence-corrected chi connectivity index (χ2v) is 19.8. The lowest BCUT2D eigenvalue weighted by molar-refractivity contribution is 0.590. The molecule has 0 spiro atoms. The van der Waals surface area contributed by atoms with Gasteiger partial charge in [-0.05, 0) is 88.4 Å². The van der Waals surface area contributed by atoms with Crippen LogP contribution in [-0.2, 0) is 21.7 Å². The van der Waals surface area contributed by atoms with Crippen LogP contribution in [0, 0.1) is 0 Å². The van der Waals surface area contributed by atoms with E-state index in [4.69, 9.17) is 0 Å². The summed E-state index contributed by atoms with van der Waals surface area (Å²) in [5.41, 5.74) is 18.1. The fourth-order valence-electron chi connectivity index (χ4n) is 7.89. The first-order chi connectivity index (χ1) is 27.3. The molecule has 0 amide bonds. The predicted octanol–water partition coefficient (Wildman–Crippen LogP) is 14.5. The predicted molar refractivity (Wildman–Crippen MR) is 245 cm³/mol. The van der Waals surface area contributed by atoms with Gasteiger partial charge in [0.25, 0.3) is 0 Å². The Labute approximate surface area is 346 Å². The molecular formula is C54H58N4. The van der Waals surface area contributed by atoms with Crippen LogP contribution in [0.1, 0.15) is 105 Å². The average Bonchev–Trinajstić information content (AvgIpc) is 3.19. The maximum absolute atomic E-state index is 4.63. The molecule has 5 aromatic carbocycles. The zero-order chi connectivity index (χ0) is 41.6. The third kappa shape index (κ3) is 8.16. The molecule has 4 nitrogen and oxygen atoms in total. The summed E-state index contributed by atoms with van der Waals surface area (Å²) in [6.45, 7) is 27.2. The van der Waals surface area contributed by atoms with Crippen LogP contribution in [-0.4, -0.2) is 19.9 Å². The third-order valence-corrected chi connectivity index (χ3v) is 11.4. The molecule has 0 bridgehead atoms. The molecule has 58 heavy (non-hydrogen) atoms. The molecule has 7 aromatic rings. The van der Waals surface area contributed by atoms with E-state index < -0.39 is 0 Å². The van der Waals surface area contributed by atoms with E-state index in [1.807, 2.05) is 24.8 Å². The minimum Gasteiger partial charge on any atom is -0.244 e. The highest BCUT2D eigenvalue weighted by Crippen LogP contribution is 2.56. The van der Waals surface area contributed by atoms with Crippen molar-refractivity contribution in [1.82, 2.24) is 19.9 Å². The Morgan fingerprint density at radius 2 is 0.414 bits per heavy atom. The van der Waals surface area contributed by atoms with Crippen molar-refractivity contribution < 1.29 is 0 Å². The maximum atomic E-state index is 4.63. The highest BCUT2D eigenvalue weighted by Gasteiger charge is 2.31. The van der Waals surface area contributed by atoms with Gasteiger partial charge in [-0.15, -0.1) is 0 Å². The van der Waals surface area contributed by atoms with Gasteiger partial charge in [0.1, 0.15) is 12.7 Å². The molecule has 0 aliphatic rings. The summed E-state index contributed by atoms with van der Waals surface area (Å²) in [5, 5.41) is 0. The second kappa shape index (κ2) is 15.2. The van der Waals surface area contributed by atoms with Crippen molar-refractivity contribution in [2.24, 2.45) is 0 Å². The Morgan fingerprint density at radius 1 is 0.241 bits per heavy atom. The number of aromatic nitrogens is 4. The summed E-state index contributed by atoms with van der Waals surface area (Å²) in [6, 6.07) is 36.8. The highest BCUT2D eigenvalue weighted by atomic mass is 14.8. The van der Waals surface area contributed by atoms with Gasteiger partial charge in [0.05, 0.1) is 0 Å². The average molecular weight is 763 g/mol. The van der Waals surface area contributed by atoms with Gasteiger partial charge in [-0.3, -0.25) is 0 Å². The first-order valence-corrected chi connectivity index (χ1v) is 20.5. The second-order valence-electron chi connectivity index (χ2n) is 19.8. The van der Waals surface area contributed by atoms with Crippen LogP contribution in [0.25, 0.3) is 66.8 Å². The largest absolute Gasteiger partial charge is 0.244 e. The van der Waals surface area contributed by atoms with E-state index in [-0.39, 0.29) is 21.7 Å². The van der Waals surface area contributed by atoms with Gasteiger partial charge in [0.2, 0.25) is 0 Å². The van der Waals surface area contributed by atoms with Crippen molar-refractivity contribution >= 4 is 0 Å². The van der Waals surface area contributed by atoms with Gasteiger partial charge in [-0.2, -0.15) is 0 Å². The first kappa shape index (κ1) is 40.5. The van der Waals surface area contributed by atoms with Gasteiger partial charge >= 0.3 is 0 Å². The fraction of sp³-hybridized carbons (Fsp3) is 0.296. The molecular weight excluding hydrogens is 705 g/mol. The van der Waals surface area contributed by atoms with Gasteiger partial charge < -0.3 is 0 Å². The molecule has 0 fully saturated rings. The topological polar surface area (TPSA) is 51.6 Å². The quantitative estimate of drug-likeness (QED) is 0.169. The molecule has 4 heteroatoms. The first-order valence-electron chi connectivity index (χ1n) is 20.5. The summed E-state index contributed by atoms with van der Waals surface area (Å²) < 4.78 is 0. The van der Waals surface area contributed by atoms with Crippen LogP contribution in [0.15, 0.2) is 135 Å². The van der Waals surface area contributed by atoms with Crippen LogP contribution >= 0.6 is 0 Å². The lowest BCUT2D eigenvalue weighted by Crippen LogP contribution is -2.11. The van der Waals surface area contributed by atoms with E-state index in [9.17, 15) is 0 Å². The van der Waals surface area contributed by atoms with Gasteiger partial charge in [-0.1, -0.05) is 180 Å². The molecule has 0 aliphatic heterocycles. The molecule has 0 N–H and O–H groups in total. The molecule has 0 aliphatic carbocycles. The summed E-state index contributed by atoms with van der Waals surface area (Å²) in [7, 11) is 0. The van der Waals surface area contributed by atoms with Crippen LogP contribution in [0.3, 0.4) is 0 Å². The van der Waals surface area contributed by atoms with Crippen LogP contribution in [0.2, 0.25) is 0 Å². The number of hydrogen-bond acceptors (Lipinski definition) is 4. The molecule has 0 radical (unpaired) electrons. The lowest BCUT2D eigenvalue weighted by atomic mass is 9.73. The number of hydrogen-bond donors (Lipinski definition) is 0. The highest BCUT2D eigenvalue weighted by molar-refractivity contribution is 6.14. The smallest absolute Gasteiger partial charge is 0.115 e. The summed E-state index contributed by atoms with van der Waals surface area (Å²) in [5.74, 6) is 0. The van der Waals surface area contributed by atoms with E-state index in [0.717, 1.165) is 66.8 Å². The normalized spacial score (nSPS) is 12.5. The van der Waals surface area contributed by atoms with Gasteiger partial charge in [-0.25, -0.2) is 19.9 Å². The molecule has 0 atom stereocenters. The molecule has 0 unspecified atom stereocenters. The minimum absolute atomic E-state index is 0.000566. The molecule has 2 aromatic heterocycles. The molecule has 7 rings (SSSR count). The monoisotopic (exact) mass is 762 g/mol. The van der Waals surface area contributed by atoms with Gasteiger partial charge in [0, 0.05) is 47.0 Å². The zero-order valence-corrected chi connectivity index (χ0v) is 36.5. The molecule has 294 valence electrons. The SMILES string of the molecule is CC(C)(C)c1ccc(-c2c(-c3ccc(C(C)(C)C)cc3)c(-c3ccc(C(C)(C)C)cc3)c(-c3cncnc3)c(-c3cncnc3)c2-c2ccc(C(C)(C)C)cc2)cc1. The van der Waals surface area contributed by atoms with Crippen LogP contribution in [0.4, 0.5) is 0 Å². The van der Waals surface area contributed by atoms with Crippen molar-refractivity contribution in [3.8, 4) is 66.8 Å². The van der Waals surface area contributed by atoms with Crippen LogP contribution < -0.4 is 0 Å². The van der Waals surface area contributed by atoms with E-state index in [1.54, 1.807) is 12.7 Å². The Balaban J connectivity index is 1.77. The Hall–Kier alpha value is -5.74. The molecule has 0 saturated heterocycles. The Kier molecular flexibility index (Phi) is 10.6. The van der Waals surface area contributed by atoms with E-state index in [1.165, 1.54) is 22.3 Å². The summed E-state index contributed by atoms with van der Waals surface area (Å²) >= 11 is 0. The van der Waals surface area contributed by atoms with Crippen molar-refractivity contribution in [3.05, 3.63) is 157 Å². The minimum atomic E-state index is -0.00415. The van der Waals surface area contributed by atoms with E-state index >= 15 is 0 Å². The van der Waals surface area contributed by atoms with Gasteiger partial charge in [0.15, 0.2) is 0 Å². The Morgan fingerprint density at radius 3 is 0.586 bits per heavy atom. The maximum Gasteiger partial charge on any atom is 0.115 e. The Bertz CT molecular complexity index is 2320. The number of nitrogens with zero attached hydrogens (tertiary/aromatic N) is 4. The van der Waals surface area contributed by atoms with Crippen molar-refractivity contribution in [3.63, 3.8) is 0 Å². The lowest BCUT2D eigenvalue weighted by Gasteiger charge is -2.29. The molecule has 0 saturated carbocycles. The van der Waals surface area contributed by atoms with E-state index in [2.05, 4.69) is 200 Å².